The Bertz CT molecular complexity index is 7580. The first-order chi connectivity index (χ1) is 63.6. The Morgan fingerprint density at radius 2 is 0.415 bits per heavy atom. The summed E-state index contributed by atoms with van der Waals surface area (Å²) in [6.45, 7) is 17.4. The van der Waals surface area contributed by atoms with Gasteiger partial charge in [-0.15, -0.1) is 0 Å². The van der Waals surface area contributed by atoms with Crippen LogP contribution in [0.25, 0.3) is 202 Å². The predicted octanol–water partition coefficient (Wildman–Crippen LogP) is 31.1. The van der Waals surface area contributed by atoms with Crippen LogP contribution < -0.4 is 0 Å². The Morgan fingerprint density at radius 1 is 0.146 bits per heavy atom. The fraction of sp³-hybridized carbons (Fsp3) is 0.0820. The zero-order valence-electron chi connectivity index (χ0n) is 73.8. The van der Waals surface area contributed by atoms with E-state index in [0.29, 0.717) is 34.9 Å². The van der Waals surface area contributed by atoms with Crippen LogP contribution in [0.2, 0.25) is 0 Å². The largest absolute Gasteiger partial charge is 0.258 e. The summed E-state index contributed by atoms with van der Waals surface area (Å²) in [5, 5.41) is 0. The van der Waals surface area contributed by atoms with Gasteiger partial charge >= 0.3 is 0 Å². The summed E-state index contributed by atoms with van der Waals surface area (Å²) in [4.78, 5) is 41.3. The molecule has 0 unspecified atom stereocenters. The van der Waals surface area contributed by atoms with Gasteiger partial charge in [0.15, 0.2) is 34.9 Å². The van der Waals surface area contributed by atoms with Crippen molar-refractivity contribution in [3.8, 4) is 202 Å². The van der Waals surface area contributed by atoms with Gasteiger partial charge in [0.05, 0.1) is 0 Å². The van der Waals surface area contributed by atoms with Crippen molar-refractivity contribution in [3.05, 3.63) is 458 Å². The molecule has 0 bridgehead atoms. The summed E-state index contributed by atoms with van der Waals surface area (Å²) < 4.78 is 0. The van der Waals surface area contributed by atoms with Crippen molar-refractivity contribution in [2.24, 2.45) is 0 Å². The van der Waals surface area contributed by atoms with E-state index in [4.69, 9.17) is 39.9 Å². The van der Waals surface area contributed by atoms with E-state index < -0.39 is 0 Å². The highest BCUT2D eigenvalue weighted by atomic mass is 15.0. The number of hydrogen-bond acceptors (Lipinski definition) is 8. The lowest BCUT2D eigenvalue weighted by Crippen LogP contribution is -2.15. The lowest BCUT2D eigenvalue weighted by Gasteiger charge is -2.22. The van der Waals surface area contributed by atoms with Crippen LogP contribution in [0.4, 0.5) is 0 Å². The monoisotopic (exact) mass is 1670 g/mol. The van der Waals surface area contributed by atoms with E-state index in [0.717, 1.165) is 112 Å². The minimum Gasteiger partial charge on any atom is -0.258 e. The normalized spacial score (nSPS) is 12.4. The highest BCUT2D eigenvalue weighted by molar-refractivity contribution is 6.01. The van der Waals surface area contributed by atoms with Crippen LogP contribution >= 0.6 is 0 Å². The second-order valence-corrected chi connectivity index (χ2v) is 35.0. The Balaban J connectivity index is 0.000000157. The van der Waals surface area contributed by atoms with Gasteiger partial charge in [0.2, 0.25) is 0 Å². The quantitative estimate of drug-likeness (QED) is 0.0943. The van der Waals surface area contributed by atoms with Crippen molar-refractivity contribution in [3.63, 3.8) is 0 Å². The molecule has 2 aliphatic rings. The first-order valence-corrected chi connectivity index (χ1v) is 44.6. The second kappa shape index (κ2) is 34.0. The molecular formula is C122H92N8. The highest BCUT2D eigenvalue weighted by Crippen LogP contribution is 2.53. The molecule has 8 heteroatoms. The van der Waals surface area contributed by atoms with Gasteiger partial charge in [0.1, 0.15) is 0 Å². The molecule has 0 N–H and O–H groups in total. The van der Waals surface area contributed by atoms with E-state index in [9.17, 15) is 0 Å². The molecule has 4 heterocycles. The number of pyridine rings is 2. The Morgan fingerprint density at radius 3 is 0.792 bits per heavy atom. The molecule has 20 aromatic rings. The fourth-order valence-corrected chi connectivity index (χ4v) is 19.4. The Labute approximate surface area is 760 Å². The van der Waals surface area contributed by atoms with Gasteiger partial charge in [-0.3, -0.25) is 9.97 Å². The lowest BCUT2D eigenvalue weighted by molar-refractivity contribution is 0.660. The summed E-state index contributed by atoms with van der Waals surface area (Å²) >= 11 is 0. The first kappa shape index (κ1) is 80.9. The molecule has 0 atom stereocenters. The fourth-order valence-electron chi connectivity index (χ4n) is 19.4. The topological polar surface area (TPSA) is 103 Å². The molecule has 22 rings (SSSR count). The zero-order valence-corrected chi connectivity index (χ0v) is 73.8. The molecule has 4 aromatic heterocycles. The average molecular weight is 1670 g/mol. The van der Waals surface area contributed by atoms with Crippen molar-refractivity contribution < 1.29 is 0 Å². The Kier molecular flexibility index (Phi) is 21.1. The predicted molar refractivity (Wildman–Crippen MR) is 536 cm³/mol. The van der Waals surface area contributed by atoms with E-state index in [-0.39, 0.29) is 10.8 Å². The molecular weight excluding hydrogens is 1580 g/mol. The van der Waals surface area contributed by atoms with Crippen molar-refractivity contribution >= 4 is 0 Å². The van der Waals surface area contributed by atoms with Crippen LogP contribution in [0.1, 0.15) is 72.7 Å². The summed E-state index contributed by atoms with van der Waals surface area (Å²) in [6, 6.07) is 147. The lowest BCUT2D eigenvalue weighted by atomic mass is 9.82. The number of hydrogen-bond donors (Lipinski definition) is 0. The van der Waals surface area contributed by atoms with Gasteiger partial charge in [-0.05, 0) is 227 Å². The van der Waals surface area contributed by atoms with Crippen molar-refractivity contribution in [2.45, 2.75) is 66.2 Å². The minimum absolute atomic E-state index is 0.165. The SMILES string of the molecule is Cc1ccc(-c2cccc(-c3nc(-c4ccc(-c5c(-c6ccccc6)cc(-c6ccccc6)cc5-c5ccccc5)cc4)nc(-c4ccc5c(c4)C(C)(C)c4ccccc4-5)n3)c2)c(C)n1.Cc1ccc(-c2ccccc2-c2nc(-c3ccc(-c4c(-c5ccccc5)cc(-c5ccccc5)cc4-c4ccccc4)cc3)nc(-c3ccc4c(c3)C(C)(C)c3ccccc3-4)n2)c(C)n1. The number of benzene rings is 16. The summed E-state index contributed by atoms with van der Waals surface area (Å²) in [6.07, 6.45) is 0. The van der Waals surface area contributed by atoms with Gasteiger partial charge in [-0.2, -0.15) is 0 Å². The van der Waals surface area contributed by atoms with Crippen LogP contribution in [0, 0.1) is 27.7 Å². The van der Waals surface area contributed by atoms with Crippen LogP contribution in [0.5, 0.6) is 0 Å². The third-order valence-electron chi connectivity index (χ3n) is 26.0. The molecule has 2 aliphatic carbocycles. The zero-order chi connectivity index (χ0) is 88.1. The molecule has 0 saturated heterocycles. The van der Waals surface area contributed by atoms with Crippen molar-refractivity contribution in [1.29, 1.82) is 0 Å². The maximum Gasteiger partial charge on any atom is 0.164 e. The molecule has 0 spiro atoms. The molecule has 0 amide bonds. The van der Waals surface area contributed by atoms with Crippen LogP contribution in [0.15, 0.2) is 413 Å². The number of nitrogens with zero attached hydrogens (tertiary/aromatic N) is 8. The highest BCUT2D eigenvalue weighted by Gasteiger charge is 2.38. The Hall–Kier alpha value is -16.2. The van der Waals surface area contributed by atoms with Gasteiger partial charge in [-0.25, -0.2) is 29.9 Å². The van der Waals surface area contributed by atoms with E-state index in [2.05, 4.69) is 454 Å². The van der Waals surface area contributed by atoms with E-state index in [1.807, 2.05) is 13.8 Å². The third kappa shape index (κ3) is 15.4. The number of rotatable bonds is 16. The van der Waals surface area contributed by atoms with Crippen LogP contribution in [-0.2, 0) is 10.8 Å². The average Bonchev–Trinajstić information content (AvgIpc) is 1.57. The number of aryl methyl sites for hydroxylation is 4. The van der Waals surface area contributed by atoms with Crippen LogP contribution in [0.3, 0.4) is 0 Å². The van der Waals surface area contributed by atoms with Gasteiger partial charge in [-0.1, -0.05) is 386 Å². The van der Waals surface area contributed by atoms with Crippen molar-refractivity contribution in [1.82, 2.24) is 39.9 Å². The summed E-state index contributed by atoms with van der Waals surface area (Å²) in [5.41, 5.74) is 42.3. The molecule has 0 aliphatic heterocycles. The maximum absolute atomic E-state index is 5.30. The van der Waals surface area contributed by atoms with E-state index >= 15 is 0 Å². The molecule has 0 fully saturated rings. The maximum atomic E-state index is 5.30. The smallest absolute Gasteiger partial charge is 0.164 e. The number of fused-ring (bicyclic) bond motifs is 6. The molecule has 0 radical (unpaired) electrons. The molecule has 0 saturated carbocycles. The summed E-state index contributed by atoms with van der Waals surface area (Å²) in [7, 11) is 0. The van der Waals surface area contributed by atoms with Gasteiger partial charge < -0.3 is 0 Å². The first-order valence-electron chi connectivity index (χ1n) is 44.6. The van der Waals surface area contributed by atoms with Crippen molar-refractivity contribution in [2.75, 3.05) is 0 Å². The molecule has 620 valence electrons. The van der Waals surface area contributed by atoms with Crippen LogP contribution in [-0.4, -0.2) is 39.9 Å². The molecule has 8 nitrogen and oxygen atoms in total. The van der Waals surface area contributed by atoms with Gasteiger partial charge in [0, 0.05) is 78.1 Å². The third-order valence-corrected chi connectivity index (χ3v) is 26.0. The standard InChI is InChI=1S/2C61H46N4/c1-39-28-34-48(40(2)62-39)49-24-14-15-26-52(49)60-64-58(63-59(65-60)46-33-35-51-50-25-16-17-27-55(50)61(3,4)56(51)38-46)45-31-29-44(30-32-45)57-53(42-20-10-6-11-21-42)36-47(41-18-8-5-9-19-41)37-54(57)43-22-12-7-13-23-43;1-39-27-33-50(40(2)62-39)46-23-16-24-47(35-46)59-63-58(64-60(65-59)48-32-34-52-51-25-14-15-26-55(51)61(3,4)56(52)38-48)45-30-28-44(29-31-45)57-53(42-19-10-6-11-20-42)36-49(41-17-8-5-9-18-41)37-54(57)43-21-12-7-13-22-43/h2*5-38H,1-4H3. The second-order valence-electron chi connectivity index (χ2n) is 35.0. The number of aromatic nitrogens is 8. The molecule has 130 heavy (non-hydrogen) atoms. The minimum atomic E-state index is -0.171. The van der Waals surface area contributed by atoms with Gasteiger partial charge in [0.25, 0.3) is 0 Å². The van der Waals surface area contributed by atoms with E-state index in [1.54, 1.807) is 0 Å². The molecule has 16 aromatic carbocycles. The summed E-state index contributed by atoms with van der Waals surface area (Å²) in [5.74, 6) is 3.72. The van der Waals surface area contributed by atoms with E-state index in [1.165, 1.54) is 100 Å².